The van der Waals surface area contributed by atoms with Crippen molar-refractivity contribution in [3.63, 3.8) is 0 Å². The Kier molecular flexibility index (Phi) is 6.83. The maximum atomic E-state index is 11.7. The van der Waals surface area contributed by atoms with E-state index in [2.05, 4.69) is 5.32 Å². The first kappa shape index (κ1) is 17.5. The van der Waals surface area contributed by atoms with Crippen LogP contribution in [0, 0.1) is 0 Å². The van der Waals surface area contributed by atoms with Crippen LogP contribution < -0.4 is 14.8 Å². The Morgan fingerprint density at radius 2 is 1.58 bits per heavy atom. The number of carbonyl (C=O) groups excluding carboxylic acids is 2. The smallest absolute Gasteiger partial charge is 0.257 e. The molecule has 2 aromatic rings. The molecule has 126 valence electrons. The maximum absolute atomic E-state index is 11.7. The Balaban J connectivity index is 1.59. The number of hydrogen-bond acceptors (Lipinski definition) is 4. The lowest BCUT2D eigenvalue weighted by Gasteiger charge is -2.09. The number of Topliss-reactive ketones (excluding diaryl/α,β-unsaturated/α-hetero) is 1. The molecule has 0 aromatic heterocycles. The molecule has 2 rings (SSSR count). The summed E-state index contributed by atoms with van der Waals surface area (Å²) in [6, 6.07) is 16.3. The molecule has 0 saturated heterocycles. The molecule has 0 spiro atoms. The van der Waals surface area contributed by atoms with Crippen molar-refractivity contribution in [2.24, 2.45) is 0 Å². The van der Waals surface area contributed by atoms with Crippen LogP contribution in [-0.4, -0.2) is 31.4 Å². The second-order valence-electron chi connectivity index (χ2n) is 5.23. The van der Waals surface area contributed by atoms with Crippen LogP contribution in [0.4, 0.5) is 0 Å². The molecule has 0 bridgehead atoms. The zero-order valence-electron chi connectivity index (χ0n) is 13.7. The van der Waals surface area contributed by atoms with Gasteiger partial charge in [-0.15, -0.1) is 0 Å². The number of ether oxygens (including phenoxy) is 2. The molecule has 0 aliphatic heterocycles. The zero-order valence-corrected chi connectivity index (χ0v) is 13.7. The maximum Gasteiger partial charge on any atom is 0.257 e. The van der Waals surface area contributed by atoms with Crippen LogP contribution in [0.25, 0.3) is 0 Å². The van der Waals surface area contributed by atoms with Gasteiger partial charge in [0.2, 0.25) is 0 Å². The number of rotatable bonds is 9. The van der Waals surface area contributed by atoms with Crippen LogP contribution >= 0.6 is 0 Å². The number of carbonyl (C=O) groups is 2. The third-order valence-electron chi connectivity index (χ3n) is 3.29. The Morgan fingerprint density at radius 1 is 0.917 bits per heavy atom. The SMILES string of the molecule is CC(=O)c1ccc(OCC(=O)NCCCOc2ccccc2)cc1. The van der Waals surface area contributed by atoms with E-state index in [0.717, 1.165) is 5.75 Å². The van der Waals surface area contributed by atoms with Crippen LogP contribution in [0.2, 0.25) is 0 Å². The highest BCUT2D eigenvalue weighted by Crippen LogP contribution is 2.12. The van der Waals surface area contributed by atoms with Gasteiger partial charge in [-0.1, -0.05) is 18.2 Å². The van der Waals surface area contributed by atoms with E-state index in [0.29, 0.717) is 30.9 Å². The van der Waals surface area contributed by atoms with Gasteiger partial charge in [0.15, 0.2) is 12.4 Å². The van der Waals surface area contributed by atoms with E-state index in [-0.39, 0.29) is 18.3 Å². The molecule has 1 amide bonds. The van der Waals surface area contributed by atoms with E-state index in [4.69, 9.17) is 9.47 Å². The topological polar surface area (TPSA) is 64.6 Å². The average molecular weight is 327 g/mol. The highest BCUT2D eigenvalue weighted by molar-refractivity contribution is 5.94. The summed E-state index contributed by atoms with van der Waals surface area (Å²) in [5.41, 5.74) is 0.616. The van der Waals surface area contributed by atoms with Crippen molar-refractivity contribution in [2.45, 2.75) is 13.3 Å². The minimum Gasteiger partial charge on any atom is -0.494 e. The van der Waals surface area contributed by atoms with Crippen LogP contribution in [0.5, 0.6) is 11.5 Å². The fourth-order valence-corrected chi connectivity index (χ4v) is 1.99. The number of hydrogen-bond donors (Lipinski definition) is 1. The Bertz CT molecular complexity index is 653. The van der Waals surface area contributed by atoms with Crippen molar-refractivity contribution in [3.05, 3.63) is 60.2 Å². The molecule has 1 N–H and O–H groups in total. The normalized spacial score (nSPS) is 10.0. The van der Waals surface area contributed by atoms with Crippen molar-refractivity contribution in [1.29, 1.82) is 0 Å². The quantitative estimate of drug-likeness (QED) is 0.568. The minimum atomic E-state index is -0.189. The lowest BCUT2D eigenvalue weighted by molar-refractivity contribution is -0.123. The van der Waals surface area contributed by atoms with E-state index in [9.17, 15) is 9.59 Å². The summed E-state index contributed by atoms with van der Waals surface area (Å²) in [5.74, 6) is 1.19. The van der Waals surface area contributed by atoms with Crippen LogP contribution in [0.15, 0.2) is 54.6 Å². The fourth-order valence-electron chi connectivity index (χ4n) is 1.99. The van der Waals surface area contributed by atoms with E-state index >= 15 is 0 Å². The van der Waals surface area contributed by atoms with Crippen molar-refractivity contribution in [3.8, 4) is 11.5 Å². The van der Waals surface area contributed by atoms with E-state index in [1.165, 1.54) is 6.92 Å². The molecule has 0 radical (unpaired) electrons. The summed E-state index contributed by atoms with van der Waals surface area (Å²) in [6.45, 7) is 2.51. The number of amides is 1. The van der Waals surface area contributed by atoms with Gasteiger partial charge < -0.3 is 14.8 Å². The second kappa shape index (κ2) is 9.35. The minimum absolute atomic E-state index is 0.00276. The molecule has 5 nitrogen and oxygen atoms in total. The molecule has 5 heteroatoms. The molecule has 0 fully saturated rings. The highest BCUT2D eigenvalue weighted by atomic mass is 16.5. The van der Waals surface area contributed by atoms with E-state index in [1.807, 2.05) is 30.3 Å². The summed E-state index contributed by atoms with van der Waals surface area (Å²) >= 11 is 0. The van der Waals surface area contributed by atoms with Crippen molar-refractivity contribution in [1.82, 2.24) is 5.32 Å². The van der Waals surface area contributed by atoms with Crippen molar-refractivity contribution < 1.29 is 19.1 Å². The Morgan fingerprint density at radius 3 is 2.25 bits per heavy atom. The fraction of sp³-hybridized carbons (Fsp3) is 0.263. The van der Waals surface area contributed by atoms with Crippen molar-refractivity contribution in [2.75, 3.05) is 19.8 Å². The molecule has 0 aliphatic carbocycles. The van der Waals surface area contributed by atoms with Crippen LogP contribution in [0.1, 0.15) is 23.7 Å². The first-order chi connectivity index (χ1) is 11.6. The summed E-state index contributed by atoms with van der Waals surface area (Å²) < 4.78 is 10.9. The standard InChI is InChI=1S/C19H21NO4/c1-15(21)16-8-10-18(11-9-16)24-14-19(22)20-12-5-13-23-17-6-3-2-4-7-17/h2-4,6-11H,5,12-14H2,1H3,(H,20,22). The zero-order chi connectivity index (χ0) is 17.2. The van der Waals surface area contributed by atoms with Crippen LogP contribution in [-0.2, 0) is 4.79 Å². The molecule has 0 unspecified atom stereocenters. The molecule has 0 heterocycles. The number of para-hydroxylation sites is 1. The first-order valence-corrected chi connectivity index (χ1v) is 7.83. The summed E-state index contributed by atoms with van der Waals surface area (Å²) in [5, 5.41) is 2.77. The van der Waals surface area contributed by atoms with Crippen molar-refractivity contribution >= 4 is 11.7 Å². The summed E-state index contributed by atoms with van der Waals surface area (Å²) in [7, 11) is 0. The average Bonchev–Trinajstić information content (AvgIpc) is 2.61. The van der Waals surface area contributed by atoms with Gasteiger partial charge in [-0.2, -0.15) is 0 Å². The van der Waals surface area contributed by atoms with E-state index < -0.39 is 0 Å². The van der Waals surface area contributed by atoms with Gasteiger partial charge >= 0.3 is 0 Å². The summed E-state index contributed by atoms with van der Waals surface area (Å²) in [4.78, 5) is 22.9. The van der Waals surface area contributed by atoms with Gasteiger partial charge in [-0.25, -0.2) is 0 Å². The number of nitrogens with one attached hydrogen (secondary N) is 1. The number of benzene rings is 2. The number of ketones is 1. The molecular formula is C19H21NO4. The first-order valence-electron chi connectivity index (χ1n) is 7.83. The molecule has 0 atom stereocenters. The van der Waals surface area contributed by atoms with E-state index in [1.54, 1.807) is 24.3 Å². The predicted molar refractivity (Wildman–Crippen MR) is 91.5 cm³/mol. The highest BCUT2D eigenvalue weighted by Gasteiger charge is 2.03. The molecule has 0 aliphatic rings. The Labute approximate surface area is 141 Å². The van der Waals surface area contributed by atoms with Gasteiger partial charge in [-0.3, -0.25) is 9.59 Å². The lowest BCUT2D eigenvalue weighted by atomic mass is 10.1. The summed E-state index contributed by atoms with van der Waals surface area (Å²) in [6.07, 6.45) is 0.716. The second-order valence-corrected chi connectivity index (χ2v) is 5.23. The molecule has 0 saturated carbocycles. The van der Waals surface area contributed by atoms with Gasteiger partial charge in [0, 0.05) is 12.1 Å². The van der Waals surface area contributed by atoms with Gasteiger partial charge in [0.1, 0.15) is 11.5 Å². The lowest BCUT2D eigenvalue weighted by Crippen LogP contribution is -2.30. The largest absolute Gasteiger partial charge is 0.494 e. The monoisotopic (exact) mass is 327 g/mol. The van der Waals surface area contributed by atoms with Crippen LogP contribution in [0.3, 0.4) is 0 Å². The molecular weight excluding hydrogens is 306 g/mol. The third kappa shape index (κ3) is 6.12. The van der Waals surface area contributed by atoms with Gasteiger partial charge in [0.25, 0.3) is 5.91 Å². The molecule has 24 heavy (non-hydrogen) atoms. The molecule has 2 aromatic carbocycles. The van der Waals surface area contributed by atoms with Gasteiger partial charge in [0.05, 0.1) is 6.61 Å². The van der Waals surface area contributed by atoms with Gasteiger partial charge in [-0.05, 0) is 49.7 Å². The Hall–Kier alpha value is -2.82. The third-order valence-corrected chi connectivity index (χ3v) is 3.29. The predicted octanol–water partition coefficient (Wildman–Crippen LogP) is 2.85.